The van der Waals surface area contributed by atoms with Crippen molar-refractivity contribution in [3.63, 3.8) is 0 Å². The van der Waals surface area contributed by atoms with Crippen LogP contribution in [0.25, 0.3) is 0 Å². The first-order valence-corrected chi connectivity index (χ1v) is 6.74. The minimum Gasteiger partial charge on any atom is -0.469 e. The second kappa shape index (κ2) is 5.10. The molecule has 1 aromatic carbocycles. The molecule has 0 aliphatic heterocycles. The first kappa shape index (κ1) is 12.3. The van der Waals surface area contributed by atoms with E-state index in [1.807, 2.05) is 6.07 Å². The van der Waals surface area contributed by atoms with E-state index in [1.165, 1.54) is 0 Å². The number of carbonyl (C=O) groups excluding carboxylic acids is 1. The Balaban J connectivity index is 1.76. The molecule has 1 atom stereocenters. The van der Waals surface area contributed by atoms with E-state index in [1.54, 1.807) is 30.5 Å². The molecule has 19 heavy (non-hydrogen) atoms. The van der Waals surface area contributed by atoms with Crippen molar-refractivity contribution in [2.24, 2.45) is 0 Å². The summed E-state index contributed by atoms with van der Waals surface area (Å²) in [5, 5.41) is 3.69. The molecule has 3 rings (SSSR count). The normalized spacial score (nSPS) is 17.8. The zero-order valence-corrected chi connectivity index (χ0v) is 11.1. The number of amides is 1. The number of aryl methyl sites for hydroxylation is 1. The van der Waals surface area contributed by atoms with Gasteiger partial charge in [-0.25, -0.2) is 0 Å². The third-order valence-electron chi connectivity index (χ3n) is 3.46. The topological polar surface area (TPSA) is 42.2 Å². The molecule has 4 heteroatoms. The number of nitrogens with one attached hydrogen (secondary N) is 1. The molecule has 1 aliphatic rings. The highest BCUT2D eigenvalue weighted by Crippen LogP contribution is 2.30. The van der Waals surface area contributed by atoms with Crippen LogP contribution in [0.1, 0.15) is 40.6 Å². The average molecular weight is 276 g/mol. The number of rotatable bonds is 2. The van der Waals surface area contributed by atoms with Crippen LogP contribution in [0.2, 0.25) is 5.02 Å². The maximum absolute atomic E-state index is 12.2. The predicted molar refractivity (Wildman–Crippen MR) is 73.3 cm³/mol. The van der Waals surface area contributed by atoms with Crippen LogP contribution >= 0.6 is 11.6 Å². The fourth-order valence-corrected chi connectivity index (χ4v) is 2.61. The molecule has 0 fully saturated rings. The van der Waals surface area contributed by atoms with E-state index in [0.717, 1.165) is 30.6 Å². The minimum absolute atomic E-state index is 0.0469. The van der Waals surface area contributed by atoms with Gasteiger partial charge in [-0.2, -0.15) is 0 Å². The van der Waals surface area contributed by atoms with Crippen LogP contribution in [-0.2, 0) is 6.42 Å². The molecule has 1 aliphatic carbocycles. The van der Waals surface area contributed by atoms with Crippen LogP contribution in [0.5, 0.6) is 0 Å². The van der Waals surface area contributed by atoms with Crippen molar-refractivity contribution in [1.82, 2.24) is 5.32 Å². The Bertz CT molecular complexity index is 588. The number of benzene rings is 1. The van der Waals surface area contributed by atoms with Crippen LogP contribution in [0.3, 0.4) is 0 Å². The Morgan fingerprint density at radius 1 is 1.26 bits per heavy atom. The smallest absolute Gasteiger partial charge is 0.251 e. The highest BCUT2D eigenvalue weighted by Gasteiger charge is 2.24. The lowest BCUT2D eigenvalue weighted by atomic mass is 9.93. The highest BCUT2D eigenvalue weighted by atomic mass is 35.5. The Labute approximate surface area is 116 Å². The first-order valence-electron chi connectivity index (χ1n) is 6.37. The van der Waals surface area contributed by atoms with E-state index >= 15 is 0 Å². The first-order chi connectivity index (χ1) is 9.24. The van der Waals surface area contributed by atoms with Gasteiger partial charge in [-0.05, 0) is 43.2 Å². The third-order valence-corrected chi connectivity index (χ3v) is 3.72. The van der Waals surface area contributed by atoms with Crippen molar-refractivity contribution in [1.29, 1.82) is 0 Å². The Kier molecular flexibility index (Phi) is 3.30. The number of hydrogen-bond donors (Lipinski definition) is 1. The van der Waals surface area contributed by atoms with Crippen LogP contribution in [0.15, 0.2) is 41.0 Å². The third kappa shape index (κ3) is 2.51. The van der Waals surface area contributed by atoms with E-state index in [9.17, 15) is 4.79 Å². The summed E-state index contributed by atoms with van der Waals surface area (Å²) in [5.74, 6) is 0.920. The largest absolute Gasteiger partial charge is 0.469 e. The van der Waals surface area contributed by atoms with Crippen LogP contribution in [0.4, 0.5) is 0 Å². The lowest BCUT2D eigenvalue weighted by Gasteiger charge is -2.22. The number of furan rings is 1. The quantitative estimate of drug-likeness (QED) is 0.907. The molecule has 98 valence electrons. The van der Waals surface area contributed by atoms with Gasteiger partial charge < -0.3 is 9.73 Å². The lowest BCUT2D eigenvalue weighted by molar-refractivity contribution is 0.0932. The van der Waals surface area contributed by atoms with Gasteiger partial charge in [-0.3, -0.25) is 4.79 Å². The summed E-state index contributed by atoms with van der Waals surface area (Å²) in [4.78, 5) is 12.2. The highest BCUT2D eigenvalue weighted by molar-refractivity contribution is 6.30. The van der Waals surface area contributed by atoms with Crippen LogP contribution in [-0.4, -0.2) is 5.91 Å². The molecule has 3 nitrogen and oxygen atoms in total. The van der Waals surface area contributed by atoms with Gasteiger partial charge in [0.05, 0.1) is 12.3 Å². The van der Waals surface area contributed by atoms with Gasteiger partial charge in [-0.15, -0.1) is 0 Å². The molecule has 0 radical (unpaired) electrons. The van der Waals surface area contributed by atoms with Gasteiger partial charge in [-0.1, -0.05) is 11.6 Å². The summed E-state index contributed by atoms with van der Waals surface area (Å²) in [6.45, 7) is 0. The Morgan fingerprint density at radius 3 is 2.84 bits per heavy atom. The van der Waals surface area contributed by atoms with E-state index < -0.39 is 0 Å². The molecule has 1 heterocycles. The van der Waals surface area contributed by atoms with Gasteiger partial charge >= 0.3 is 0 Å². The predicted octanol–water partition coefficient (Wildman–Crippen LogP) is 3.74. The number of hydrogen-bond acceptors (Lipinski definition) is 2. The molecule has 1 unspecified atom stereocenters. The number of fused-ring (bicyclic) bond motifs is 1. The molecule has 1 amide bonds. The van der Waals surface area contributed by atoms with Gasteiger partial charge in [0.15, 0.2) is 0 Å². The van der Waals surface area contributed by atoms with Crippen molar-refractivity contribution < 1.29 is 9.21 Å². The second-order valence-electron chi connectivity index (χ2n) is 4.72. The second-order valence-corrected chi connectivity index (χ2v) is 5.16. The van der Waals surface area contributed by atoms with Crippen molar-refractivity contribution >= 4 is 17.5 Å². The van der Waals surface area contributed by atoms with Crippen molar-refractivity contribution in [3.8, 4) is 0 Å². The SMILES string of the molecule is O=C(NC1CCCc2occc21)c1ccc(Cl)cc1. The van der Waals surface area contributed by atoms with Gasteiger partial charge in [0.1, 0.15) is 5.76 Å². The maximum atomic E-state index is 12.2. The number of halogens is 1. The number of carbonyl (C=O) groups is 1. The summed E-state index contributed by atoms with van der Waals surface area (Å²) in [7, 11) is 0. The van der Waals surface area contributed by atoms with E-state index in [2.05, 4.69) is 5.32 Å². The molecule has 1 N–H and O–H groups in total. The maximum Gasteiger partial charge on any atom is 0.251 e. The molecular formula is C15H14ClNO2. The molecule has 1 aromatic heterocycles. The van der Waals surface area contributed by atoms with Crippen LogP contribution in [0, 0.1) is 0 Å². The van der Waals surface area contributed by atoms with Crippen molar-refractivity contribution in [2.45, 2.75) is 25.3 Å². The minimum atomic E-state index is -0.0734. The molecular weight excluding hydrogens is 262 g/mol. The summed E-state index contributed by atoms with van der Waals surface area (Å²) >= 11 is 5.82. The Hall–Kier alpha value is -1.74. The summed E-state index contributed by atoms with van der Waals surface area (Å²) < 4.78 is 5.42. The zero-order valence-electron chi connectivity index (χ0n) is 10.4. The van der Waals surface area contributed by atoms with Gasteiger partial charge in [0, 0.05) is 22.6 Å². The molecule has 2 aromatic rings. The molecule has 0 spiro atoms. The molecule has 0 bridgehead atoms. The van der Waals surface area contributed by atoms with Crippen molar-refractivity contribution in [3.05, 3.63) is 58.5 Å². The fraction of sp³-hybridized carbons (Fsp3) is 0.267. The van der Waals surface area contributed by atoms with Crippen molar-refractivity contribution in [2.75, 3.05) is 0 Å². The summed E-state index contributed by atoms with van der Waals surface area (Å²) in [6.07, 6.45) is 4.63. The average Bonchev–Trinajstić information content (AvgIpc) is 2.89. The Morgan fingerprint density at radius 2 is 2.05 bits per heavy atom. The summed E-state index contributed by atoms with van der Waals surface area (Å²) in [6, 6.07) is 8.90. The van der Waals surface area contributed by atoms with Gasteiger partial charge in [0.2, 0.25) is 0 Å². The van der Waals surface area contributed by atoms with E-state index in [0.29, 0.717) is 10.6 Å². The molecule has 0 saturated carbocycles. The van der Waals surface area contributed by atoms with Gasteiger partial charge in [0.25, 0.3) is 5.91 Å². The lowest BCUT2D eigenvalue weighted by Crippen LogP contribution is -2.30. The monoisotopic (exact) mass is 275 g/mol. The van der Waals surface area contributed by atoms with Crippen LogP contribution < -0.4 is 5.32 Å². The molecule has 0 saturated heterocycles. The fourth-order valence-electron chi connectivity index (χ4n) is 2.48. The van der Waals surface area contributed by atoms with E-state index in [4.69, 9.17) is 16.0 Å². The summed E-state index contributed by atoms with van der Waals surface area (Å²) in [5.41, 5.74) is 1.73. The standard InChI is InChI=1S/C15H14ClNO2/c16-11-6-4-10(5-7-11)15(18)17-13-2-1-3-14-12(13)8-9-19-14/h4-9,13H,1-3H2,(H,17,18). The zero-order chi connectivity index (χ0) is 13.2. The van der Waals surface area contributed by atoms with E-state index in [-0.39, 0.29) is 11.9 Å².